The lowest BCUT2D eigenvalue weighted by Gasteiger charge is -2.25. The van der Waals surface area contributed by atoms with E-state index in [4.69, 9.17) is 9.47 Å². The Kier molecular flexibility index (Phi) is 7.25. The highest BCUT2D eigenvalue weighted by Gasteiger charge is 2.43. The van der Waals surface area contributed by atoms with Gasteiger partial charge in [0.2, 0.25) is 0 Å². The predicted molar refractivity (Wildman–Crippen MR) is 116 cm³/mol. The van der Waals surface area contributed by atoms with E-state index in [2.05, 4.69) is 5.32 Å². The van der Waals surface area contributed by atoms with Crippen molar-refractivity contribution in [1.82, 2.24) is 10.2 Å². The van der Waals surface area contributed by atoms with Crippen LogP contribution in [0.2, 0.25) is 0 Å². The first-order valence-corrected chi connectivity index (χ1v) is 10.3. The molecule has 2 aromatic rings. The molecule has 8 nitrogen and oxygen atoms in total. The summed E-state index contributed by atoms with van der Waals surface area (Å²) in [6.45, 7) is 3.50. The number of benzene rings is 2. The van der Waals surface area contributed by atoms with Gasteiger partial charge in [-0.1, -0.05) is 38.1 Å². The van der Waals surface area contributed by atoms with Gasteiger partial charge in [-0.2, -0.15) is 0 Å². The van der Waals surface area contributed by atoms with Gasteiger partial charge in [0.1, 0.15) is 11.8 Å². The van der Waals surface area contributed by atoms with Crippen molar-refractivity contribution in [2.75, 3.05) is 13.7 Å². The number of rotatable bonds is 9. The highest BCUT2D eigenvalue weighted by atomic mass is 16.5. The predicted octanol–water partition coefficient (Wildman–Crippen LogP) is 2.57. The molecule has 0 saturated carbocycles. The van der Waals surface area contributed by atoms with Crippen molar-refractivity contribution in [2.45, 2.75) is 32.9 Å². The van der Waals surface area contributed by atoms with Crippen LogP contribution in [0, 0.1) is 5.92 Å². The Labute approximate surface area is 186 Å². The number of nitrogens with one attached hydrogen (secondary N) is 1. The summed E-state index contributed by atoms with van der Waals surface area (Å²) in [4.78, 5) is 51.5. The quantitative estimate of drug-likeness (QED) is 0.477. The maximum atomic E-state index is 12.8. The summed E-state index contributed by atoms with van der Waals surface area (Å²) in [6.07, 6.45) is 0.234. The smallest absolute Gasteiger partial charge is 0.329 e. The van der Waals surface area contributed by atoms with Gasteiger partial charge >= 0.3 is 5.97 Å². The van der Waals surface area contributed by atoms with Crippen molar-refractivity contribution in [3.05, 3.63) is 65.2 Å². The summed E-state index contributed by atoms with van der Waals surface area (Å²) in [5.74, 6) is -1.61. The van der Waals surface area contributed by atoms with Crippen LogP contribution in [0.1, 0.15) is 46.5 Å². The lowest BCUT2D eigenvalue weighted by atomic mass is 10.0. The highest BCUT2D eigenvalue weighted by molar-refractivity contribution is 6.22. The van der Waals surface area contributed by atoms with E-state index in [9.17, 15) is 19.2 Å². The van der Waals surface area contributed by atoms with Crippen LogP contribution in [0.4, 0.5) is 0 Å². The monoisotopic (exact) mass is 438 g/mol. The van der Waals surface area contributed by atoms with Gasteiger partial charge in [-0.25, -0.2) is 4.79 Å². The second-order valence-electron chi connectivity index (χ2n) is 7.90. The fourth-order valence-electron chi connectivity index (χ4n) is 3.47. The number of imide groups is 1. The summed E-state index contributed by atoms with van der Waals surface area (Å²) < 4.78 is 10.3. The Morgan fingerprint density at radius 1 is 0.969 bits per heavy atom. The molecule has 8 heteroatoms. The van der Waals surface area contributed by atoms with Crippen LogP contribution in [0.3, 0.4) is 0 Å². The fraction of sp³-hybridized carbons (Fsp3) is 0.333. The molecule has 2 aromatic carbocycles. The SMILES string of the molecule is COc1ccc(CNC(=O)COC(=O)C(CC(C)C)N2C(=O)c3ccccc3C2=O)cc1. The van der Waals surface area contributed by atoms with Crippen LogP contribution < -0.4 is 10.1 Å². The zero-order valence-electron chi connectivity index (χ0n) is 18.3. The first kappa shape index (κ1) is 23.0. The van der Waals surface area contributed by atoms with Gasteiger partial charge in [0.15, 0.2) is 6.61 Å². The van der Waals surface area contributed by atoms with E-state index in [1.54, 1.807) is 43.5 Å². The molecular weight excluding hydrogens is 412 g/mol. The number of fused-ring (bicyclic) bond motifs is 1. The van der Waals surface area contributed by atoms with E-state index < -0.39 is 36.3 Å². The van der Waals surface area contributed by atoms with E-state index in [0.717, 1.165) is 10.5 Å². The third kappa shape index (κ3) is 5.14. The van der Waals surface area contributed by atoms with Gasteiger partial charge in [-0.15, -0.1) is 0 Å². The van der Waals surface area contributed by atoms with Crippen molar-refractivity contribution < 1.29 is 28.7 Å². The van der Waals surface area contributed by atoms with E-state index in [1.165, 1.54) is 0 Å². The Bertz CT molecular complexity index is 980. The number of hydrogen-bond donors (Lipinski definition) is 1. The number of methoxy groups -OCH3 is 1. The molecule has 0 aromatic heterocycles. The molecule has 168 valence electrons. The van der Waals surface area contributed by atoms with Crippen molar-refractivity contribution in [3.63, 3.8) is 0 Å². The maximum Gasteiger partial charge on any atom is 0.329 e. The molecule has 1 heterocycles. The number of hydrogen-bond acceptors (Lipinski definition) is 6. The number of amides is 3. The number of nitrogens with zero attached hydrogens (tertiary/aromatic N) is 1. The van der Waals surface area contributed by atoms with Crippen molar-refractivity contribution in [3.8, 4) is 5.75 Å². The van der Waals surface area contributed by atoms with E-state index in [0.29, 0.717) is 5.75 Å². The summed E-state index contributed by atoms with van der Waals surface area (Å²) in [7, 11) is 1.57. The summed E-state index contributed by atoms with van der Waals surface area (Å²) >= 11 is 0. The van der Waals surface area contributed by atoms with E-state index >= 15 is 0 Å². The third-order valence-electron chi connectivity index (χ3n) is 5.10. The van der Waals surface area contributed by atoms with Gasteiger partial charge < -0.3 is 14.8 Å². The molecule has 3 amide bonds. The van der Waals surface area contributed by atoms with E-state index in [-0.39, 0.29) is 30.0 Å². The molecule has 1 atom stereocenters. The maximum absolute atomic E-state index is 12.8. The first-order chi connectivity index (χ1) is 15.3. The lowest BCUT2D eigenvalue weighted by molar-refractivity contribution is -0.152. The van der Waals surface area contributed by atoms with Crippen LogP contribution in [-0.4, -0.2) is 48.3 Å². The van der Waals surface area contributed by atoms with E-state index in [1.807, 2.05) is 26.0 Å². The van der Waals surface area contributed by atoms with Crippen LogP contribution in [0.5, 0.6) is 5.75 Å². The van der Waals surface area contributed by atoms with Crippen LogP contribution in [0.15, 0.2) is 48.5 Å². The van der Waals surface area contributed by atoms with Crippen LogP contribution >= 0.6 is 0 Å². The molecule has 1 aliphatic heterocycles. The van der Waals surface area contributed by atoms with Gasteiger partial charge in [-0.05, 0) is 42.2 Å². The molecule has 1 aliphatic rings. The zero-order chi connectivity index (χ0) is 23.3. The van der Waals surface area contributed by atoms with Crippen molar-refractivity contribution >= 4 is 23.7 Å². The molecule has 0 aliphatic carbocycles. The standard InChI is InChI=1S/C24H26N2O6/c1-15(2)12-20(26-22(28)18-6-4-5-7-19(18)23(26)29)24(30)32-14-21(27)25-13-16-8-10-17(31-3)11-9-16/h4-11,15,20H,12-14H2,1-3H3,(H,25,27). The fourth-order valence-corrected chi connectivity index (χ4v) is 3.47. The molecular formula is C24H26N2O6. The minimum Gasteiger partial charge on any atom is -0.497 e. The minimum absolute atomic E-state index is 0.0146. The first-order valence-electron chi connectivity index (χ1n) is 10.3. The molecule has 1 unspecified atom stereocenters. The number of esters is 1. The molecule has 0 bridgehead atoms. The summed E-state index contributed by atoms with van der Waals surface area (Å²) in [5, 5.41) is 2.67. The largest absolute Gasteiger partial charge is 0.497 e. The van der Waals surface area contributed by atoms with Gasteiger partial charge in [0.25, 0.3) is 17.7 Å². The second kappa shape index (κ2) is 10.1. The molecule has 1 N–H and O–H groups in total. The molecule has 3 rings (SSSR count). The zero-order valence-corrected chi connectivity index (χ0v) is 18.3. The molecule has 0 saturated heterocycles. The Morgan fingerprint density at radius 2 is 1.56 bits per heavy atom. The second-order valence-corrected chi connectivity index (χ2v) is 7.90. The molecule has 0 radical (unpaired) electrons. The molecule has 32 heavy (non-hydrogen) atoms. The lowest BCUT2D eigenvalue weighted by Crippen LogP contribution is -2.47. The summed E-state index contributed by atoms with van der Waals surface area (Å²) in [6, 6.07) is 12.5. The highest BCUT2D eigenvalue weighted by Crippen LogP contribution is 2.27. The van der Waals surface area contributed by atoms with Gasteiger partial charge in [-0.3, -0.25) is 19.3 Å². The normalized spacial score (nSPS) is 13.7. The van der Waals surface area contributed by atoms with Gasteiger partial charge in [0.05, 0.1) is 18.2 Å². The van der Waals surface area contributed by atoms with Gasteiger partial charge in [0, 0.05) is 6.54 Å². The Balaban J connectivity index is 1.61. The Morgan fingerprint density at radius 3 is 2.09 bits per heavy atom. The summed E-state index contributed by atoms with van der Waals surface area (Å²) in [5.41, 5.74) is 1.38. The van der Waals surface area contributed by atoms with Crippen molar-refractivity contribution in [1.29, 1.82) is 0 Å². The average molecular weight is 438 g/mol. The van der Waals surface area contributed by atoms with Crippen LogP contribution in [-0.2, 0) is 20.9 Å². The van der Waals surface area contributed by atoms with Crippen molar-refractivity contribution in [2.24, 2.45) is 5.92 Å². The minimum atomic E-state index is -1.10. The molecule has 0 fully saturated rings. The third-order valence-corrected chi connectivity index (χ3v) is 5.10. The molecule has 0 spiro atoms. The number of carbonyl (C=O) groups is 4. The topological polar surface area (TPSA) is 102 Å². The number of carbonyl (C=O) groups excluding carboxylic acids is 4. The van der Waals surface area contributed by atoms with Crippen LogP contribution in [0.25, 0.3) is 0 Å². The Hall–Kier alpha value is -3.68. The number of ether oxygens (including phenoxy) is 2. The average Bonchev–Trinajstić information content (AvgIpc) is 3.04.